The molecule has 1 amide bonds. The van der Waals surface area contributed by atoms with Crippen LogP contribution >= 0.6 is 27.3 Å². The standard InChI is InChI=1S/C14H21BrN2O2S/c1-9-7-17(13(18)19-14(2,3)4)6-5-10(9)12-16-11(15)8-20-12/h8-10H,5-7H2,1-4H3. The first kappa shape index (κ1) is 15.8. The van der Waals surface area contributed by atoms with Gasteiger partial charge in [-0.15, -0.1) is 11.3 Å². The van der Waals surface area contributed by atoms with Gasteiger partial charge in [0, 0.05) is 24.4 Å². The van der Waals surface area contributed by atoms with E-state index in [1.807, 2.05) is 31.1 Å². The molecule has 1 aliphatic rings. The molecule has 2 atom stereocenters. The summed E-state index contributed by atoms with van der Waals surface area (Å²) in [6.45, 7) is 9.34. The minimum atomic E-state index is -0.433. The molecular formula is C14H21BrN2O2S. The molecule has 0 bridgehead atoms. The van der Waals surface area contributed by atoms with Crippen molar-refractivity contribution in [3.8, 4) is 0 Å². The SMILES string of the molecule is CC1CN(C(=O)OC(C)(C)C)CCC1c1nc(Br)cs1. The van der Waals surface area contributed by atoms with Gasteiger partial charge in [0.1, 0.15) is 10.2 Å². The fraction of sp³-hybridized carbons (Fsp3) is 0.714. The first-order valence-electron chi connectivity index (χ1n) is 6.85. The highest BCUT2D eigenvalue weighted by molar-refractivity contribution is 9.10. The van der Waals surface area contributed by atoms with Gasteiger partial charge >= 0.3 is 6.09 Å². The smallest absolute Gasteiger partial charge is 0.410 e. The molecule has 0 radical (unpaired) electrons. The van der Waals surface area contributed by atoms with E-state index >= 15 is 0 Å². The molecule has 20 heavy (non-hydrogen) atoms. The zero-order valence-electron chi connectivity index (χ0n) is 12.4. The number of ether oxygens (including phenoxy) is 1. The molecule has 0 aromatic carbocycles. The second-order valence-electron chi connectivity index (χ2n) is 6.31. The number of aromatic nitrogens is 1. The third-order valence-electron chi connectivity index (χ3n) is 3.37. The van der Waals surface area contributed by atoms with Gasteiger partial charge in [-0.05, 0) is 49.0 Å². The third-order valence-corrected chi connectivity index (χ3v) is 5.05. The molecule has 1 aromatic rings. The van der Waals surface area contributed by atoms with E-state index in [0.717, 1.165) is 29.1 Å². The Balaban J connectivity index is 1.97. The van der Waals surface area contributed by atoms with E-state index in [2.05, 4.69) is 27.8 Å². The minimum absolute atomic E-state index is 0.205. The summed E-state index contributed by atoms with van der Waals surface area (Å²) >= 11 is 5.09. The maximum absolute atomic E-state index is 12.1. The Bertz CT molecular complexity index is 484. The number of halogens is 1. The molecule has 1 aromatic heterocycles. The Kier molecular flexibility index (Phi) is 4.74. The summed E-state index contributed by atoms with van der Waals surface area (Å²) in [5, 5.41) is 3.18. The summed E-state index contributed by atoms with van der Waals surface area (Å²) in [4.78, 5) is 18.4. The van der Waals surface area contributed by atoms with Gasteiger partial charge in [-0.2, -0.15) is 0 Å². The Morgan fingerprint density at radius 3 is 2.75 bits per heavy atom. The fourth-order valence-electron chi connectivity index (χ4n) is 2.44. The van der Waals surface area contributed by atoms with E-state index < -0.39 is 5.60 Å². The molecule has 0 aliphatic carbocycles. The summed E-state index contributed by atoms with van der Waals surface area (Å²) in [7, 11) is 0. The minimum Gasteiger partial charge on any atom is -0.444 e. The van der Waals surface area contributed by atoms with E-state index in [1.54, 1.807) is 11.3 Å². The number of nitrogens with zero attached hydrogens (tertiary/aromatic N) is 2. The summed E-state index contributed by atoms with van der Waals surface area (Å²) in [5.41, 5.74) is -0.433. The van der Waals surface area contributed by atoms with Crippen LogP contribution in [0.15, 0.2) is 9.98 Å². The van der Waals surface area contributed by atoms with Gasteiger partial charge < -0.3 is 9.64 Å². The molecule has 2 unspecified atom stereocenters. The molecule has 2 rings (SSSR count). The zero-order valence-corrected chi connectivity index (χ0v) is 14.8. The van der Waals surface area contributed by atoms with E-state index in [9.17, 15) is 4.79 Å². The number of thiazole rings is 1. The second-order valence-corrected chi connectivity index (χ2v) is 8.01. The van der Waals surface area contributed by atoms with Gasteiger partial charge in [0.2, 0.25) is 0 Å². The number of hydrogen-bond acceptors (Lipinski definition) is 4. The lowest BCUT2D eigenvalue weighted by Gasteiger charge is -2.36. The topological polar surface area (TPSA) is 42.4 Å². The van der Waals surface area contributed by atoms with Gasteiger partial charge in [-0.1, -0.05) is 6.92 Å². The number of piperidine rings is 1. The quantitative estimate of drug-likeness (QED) is 0.750. The van der Waals surface area contributed by atoms with Crippen LogP contribution in [0, 0.1) is 5.92 Å². The predicted octanol–water partition coefficient (Wildman–Crippen LogP) is 4.27. The number of rotatable bonds is 1. The van der Waals surface area contributed by atoms with Crippen molar-refractivity contribution in [3.05, 3.63) is 15.0 Å². The number of carbonyl (C=O) groups excluding carboxylic acids is 1. The Morgan fingerprint density at radius 2 is 2.25 bits per heavy atom. The van der Waals surface area contributed by atoms with Gasteiger partial charge in [0.25, 0.3) is 0 Å². The normalized spacial score (nSPS) is 23.8. The Morgan fingerprint density at radius 1 is 1.55 bits per heavy atom. The van der Waals surface area contributed by atoms with Crippen molar-refractivity contribution < 1.29 is 9.53 Å². The molecule has 1 fully saturated rings. The molecule has 2 heterocycles. The van der Waals surface area contributed by atoms with Gasteiger partial charge in [0.15, 0.2) is 0 Å². The van der Waals surface area contributed by atoms with Crippen molar-refractivity contribution in [1.82, 2.24) is 9.88 Å². The maximum atomic E-state index is 12.1. The summed E-state index contributed by atoms with van der Waals surface area (Å²) < 4.78 is 6.34. The Hall–Kier alpha value is -0.620. The van der Waals surface area contributed by atoms with Gasteiger partial charge in [0.05, 0.1) is 5.01 Å². The van der Waals surface area contributed by atoms with Crippen molar-refractivity contribution >= 4 is 33.4 Å². The molecule has 1 saturated heterocycles. The van der Waals surface area contributed by atoms with E-state index in [-0.39, 0.29) is 6.09 Å². The van der Waals surface area contributed by atoms with Crippen molar-refractivity contribution in [3.63, 3.8) is 0 Å². The third kappa shape index (κ3) is 3.95. The highest BCUT2D eigenvalue weighted by Gasteiger charge is 2.33. The van der Waals surface area contributed by atoms with Gasteiger partial charge in [-0.25, -0.2) is 9.78 Å². The first-order chi connectivity index (χ1) is 9.26. The highest BCUT2D eigenvalue weighted by atomic mass is 79.9. The first-order valence-corrected chi connectivity index (χ1v) is 8.52. The van der Waals surface area contributed by atoms with Crippen molar-refractivity contribution in [1.29, 1.82) is 0 Å². The predicted molar refractivity (Wildman–Crippen MR) is 84.1 cm³/mol. The molecule has 6 heteroatoms. The van der Waals surface area contributed by atoms with Crippen LogP contribution in [0.1, 0.15) is 45.0 Å². The number of likely N-dealkylation sites (tertiary alicyclic amines) is 1. The van der Waals surface area contributed by atoms with Crippen molar-refractivity contribution in [2.75, 3.05) is 13.1 Å². The van der Waals surface area contributed by atoms with Crippen molar-refractivity contribution in [2.24, 2.45) is 5.92 Å². The zero-order chi connectivity index (χ0) is 14.9. The van der Waals surface area contributed by atoms with Crippen LogP contribution in [0.5, 0.6) is 0 Å². The summed E-state index contributed by atoms with van der Waals surface area (Å²) in [6, 6.07) is 0. The van der Waals surface area contributed by atoms with E-state index in [0.29, 0.717) is 11.8 Å². The van der Waals surface area contributed by atoms with Crippen LogP contribution in [0.3, 0.4) is 0 Å². The lowest BCUT2D eigenvalue weighted by molar-refractivity contribution is 0.0155. The average molecular weight is 361 g/mol. The number of hydrogen-bond donors (Lipinski definition) is 0. The molecule has 0 spiro atoms. The monoisotopic (exact) mass is 360 g/mol. The fourth-order valence-corrected chi connectivity index (χ4v) is 3.98. The van der Waals surface area contributed by atoms with E-state index in [1.165, 1.54) is 0 Å². The maximum Gasteiger partial charge on any atom is 0.410 e. The second kappa shape index (κ2) is 6.02. The molecule has 0 N–H and O–H groups in total. The van der Waals surface area contributed by atoms with E-state index in [4.69, 9.17) is 4.74 Å². The molecule has 4 nitrogen and oxygen atoms in total. The molecule has 112 valence electrons. The van der Waals surface area contributed by atoms with Crippen LogP contribution in [0.4, 0.5) is 4.79 Å². The van der Waals surface area contributed by atoms with Gasteiger partial charge in [-0.3, -0.25) is 0 Å². The highest BCUT2D eigenvalue weighted by Crippen LogP contribution is 2.35. The van der Waals surface area contributed by atoms with Crippen LogP contribution in [-0.4, -0.2) is 34.7 Å². The molecule has 1 aliphatic heterocycles. The van der Waals surface area contributed by atoms with Crippen LogP contribution in [0.25, 0.3) is 0 Å². The lowest BCUT2D eigenvalue weighted by atomic mass is 9.87. The summed E-state index contributed by atoms with van der Waals surface area (Å²) in [5.74, 6) is 0.833. The lowest BCUT2D eigenvalue weighted by Crippen LogP contribution is -2.44. The number of carbonyl (C=O) groups is 1. The largest absolute Gasteiger partial charge is 0.444 e. The average Bonchev–Trinajstić information content (AvgIpc) is 2.73. The van der Waals surface area contributed by atoms with Crippen LogP contribution < -0.4 is 0 Å². The van der Waals surface area contributed by atoms with Crippen LogP contribution in [0.2, 0.25) is 0 Å². The number of amides is 1. The van der Waals surface area contributed by atoms with Crippen LogP contribution in [-0.2, 0) is 4.74 Å². The molecular weight excluding hydrogens is 340 g/mol. The summed E-state index contributed by atoms with van der Waals surface area (Å²) in [6.07, 6.45) is 0.739. The molecule has 0 saturated carbocycles. The van der Waals surface area contributed by atoms with Crippen molar-refractivity contribution in [2.45, 2.75) is 45.6 Å². The Labute approximate surface area is 132 Å².